The SMILES string of the molecule is CCN(Cc1cccs1)c1ccc(N)cc1. The lowest BCUT2D eigenvalue weighted by Crippen LogP contribution is -2.21. The lowest BCUT2D eigenvalue weighted by Gasteiger charge is -2.22. The molecule has 2 nitrogen and oxygen atoms in total. The van der Waals surface area contributed by atoms with Crippen LogP contribution in [0.1, 0.15) is 11.8 Å². The number of thiophene rings is 1. The normalized spacial score (nSPS) is 10.3. The first-order valence-corrected chi connectivity index (χ1v) is 6.30. The summed E-state index contributed by atoms with van der Waals surface area (Å²) in [4.78, 5) is 3.73. The van der Waals surface area contributed by atoms with Crippen molar-refractivity contribution in [1.82, 2.24) is 0 Å². The molecule has 0 fully saturated rings. The van der Waals surface area contributed by atoms with E-state index in [-0.39, 0.29) is 0 Å². The van der Waals surface area contributed by atoms with E-state index in [1.165, 1.54) is 10.6 Å². The van der Waals surface area contributed by atoms with Crippen LogP contribution >= 0.6 is 11.3 Å². The van der Waals surface area contributed by atoms with E-state index in [1.54, 1.807) is 11.3 Å². The van der Waals surface area contributed by atoms with Crippen molar-refractivity contribution in [3.63, 3.8) is 0 Å². The lowest BCUT2D eigenvalue weighted by molar-refractivity contribution is 0.843. The fourth-order valence-electron chi connectivity index (χ4n) is 1.66. The van der Waals surface area contributed by atoms with Gasteiger partial charge in [0, 0.05) is 22.8 Å². The number of nitrogens with two attached hydrogens (primary N) is 1. The molecular formula is C13H16N2S. The fourth-order valence-corrected chi connectivity index (χ4v) is 2.38. The first-order chi connectivity index (χ1) is 7.79. The van der Waals surface area contributed by atoms with Gasteiger partial charge in [0.1, 0.15) is 0 Å². The van der Waals surface area contributed by atoms with Crippen LogP contribution in [0.2, 0.25) is 0 Å². The molecule has 1 aromatic carbocycles. The van der Waals surface area contributed by atoms with E-state index in [2.05, 4.69) is 41.5 Å². The molecule has 0 bridgehead atoms. The number of nitrogen functional groups attached to an aromatic ring is 1. The smallest absolute Gasteiger partial charge is 0.0522 e. The highest BCUT2D eigenvalue weighted by molar-refractivity contribution is 7.09. The van der Waals surface area contributed by atoms with Crippen LogP contribution < -0.4 is 10.6 Å². The summed E-state index contributed by atoms with van der Waals surface area (Å²) < 4.78 is 0. The highest BCUT2D eigenvalue weighted by atomic mass is 32.1. The molecule has 0 aliphatic rings. The molecule has 84 valence electrons. The summed E-state index contributed by atoms with van der Waals surface area (Å²) in [5.74, 6) is 0. The van der Waals surface area contributed by atoms with Crippen molar-refractivity contribution < 1.29 is 0 Å². The lowest BCUT2D eigenvalue weighted by atomic mass is 10.2. The largest absolute Gasteiger partial charge is 0.399 e. The first kappa shape index (κ1) is 11.0. The monoisotopic (exact) mass is 232 g/mol. The molecule has 2 N–H and O–H groups in total. The van der Waals surface area contributed by atoms with Gasteiger partial charge in [-0.05, 0) is 42.6 Å². The number of rotatable bonds is 4. The Morgan fingerprint density at radius 3 is 2.50 bits per heavy atom. The summed E-state index contributed by atoms with van der Waals surface area (Å²) in [6.45, 7) is 4.14. The Balaban J connectivity index is 2.13. The molecular weight excluding hydrogens is 216 g/mol. The molecule has 16 heavy (non-hydrogen) atoms. The molecule has 0 spiro atoms. The maximum Gasteiger partial charge on any atom is 0.0522 e. The molecule has 1 aromatic heterocycles. The van der Waals surface area contributed by atoms with Crippen molar-refractivity contribution in [3.05, 3.63) is 46.7 Å². The van der Waals surface area contributed by atoms with Crippen LogP contribution in [0.5, 0.6) is 0 Å². The summed E-state index contributed by atoms with van der Waals surface area (Å²) >= 11 is 1.80. The summed E-state index contributed by atoms with van der Waals surface area (Å²) in [5, 5.41) is 2.12. The molecule has 0 unspecified atom stereocenters. The highest BCUT2D eigenvalue weighted by Crippen LogP contribution is 2.20. The maximum atomic E-state index is 5.69. The Bertz CT molecular complexity index is 420. The van der Waals surface area contributed by atoms with Crippen molar-refractivity contribution >= 4 is 22.7 Å². The van der Waals surface area contributed by atoms with Crippen molar-refractivity contribution in [2.24, 2.45) is 0 Å². The average Bonchev–Trinajstić information content (AvgIpc) is 2.80. The number of hydrogen-bond acceptors (Lipinski definition) is 3. The van der Waals surface area contributed by atoms with Crippen molar-refractivity contribution in [2.45, 2.75) is 13.5 Å². The maximum absolute atomic E-state index is 5.69. The summed E-state index contributed by atoms with van der Waals surface area (Å²) in [6, 6.07) is 12.3. The van der Waals surface area contributed by atoms with Crippen LogP contribution in [-0.2, 0) is 6.54 Å². The van der Waals surface area contributed by atoms with Gasteiger partial charge in [0.05, 0.1) is 6.54 Å². The Labute approximate surface area is 100 Å². The van der Waals surface area contributed by atoms with Crippen LogP contribution in [0.15, 0.2) is 41.8 Å². The van der Waals surface area contributed by atoms with Gasteiger partial charge in [0.25, 0.3) is 0 Å². The number of anilines is 2. The minimum atomic E-state index is 0.816. The van der Waals surface area contributed by atoms with E-state index >= 15 is 0 Å². The molecule has 2 aromatic rings. The van der Waals surface area contributed by atoms with E-state index in [0.717, 1.165) is 18.8 Å². The predicted octanol–water partition coefficient (Wildman–Crippen LogP) is 3.36. The van der Waals surface area contributed by atoms with Crippen LogP contribution in [0.25, 0.3) is 0 Å². The van der Waals surface area contributed by atoms with Gasteiger partial charge in [-0.25, -0.2) is 0 Å². The van der Waals surface area contributed by atoms with Crippen LogP contribution in [0, 0.1) is 0 Å². The van der Waals surface area contributed by atoms with Gasteiger partial charge in [-0.2, -0.15) is 0 Å². The molecule has 0 saturated heterocycles. The van der Waals surface area contributed by atoms with Gasteiger partial charge in [-0.3, -0.25) is 0 Å². The summed E-state index contributed by atoms with van der Waals surface area (Å²) in [5.41, 5.74) is 7.73. The van der Waals surface area contributed by atoms with Gasteiger partial charge >= 0.3 is 0 Å². The Kier molecular flexibility index (Phi) is 3.47. The zero-order chi connectivity index (χ0) is 11.4. The number of nitrogens with zero attached hydrogens (tertiary/aromatic N) is 1. The van der Waals surface area contributed by atoms with E-state index < -0.39 is 0 Å². The second-order valence-corrected chi connectivity index (χ2v) is 4.72. The summed E-state index contributed by atoms with van der Waals surface area (Å²) in [7, 11) is 0. The third-order valence-electron chi connectivity index (χ3n) is 2.57. The molecule has 0 atom stereocenters. The topological polar surface area (TPSA) is 29.3 Å². The molecule has 2 rings (SSSR count). The molecule has 0 amide bonds. The Hall–Kier alpha value is -1.48. The zero-order valence-electron chi connectivity index (χ0n) is 9.39. The van der Waals surface area contributed by atoms with Gasteiger partial charge in [-0.15, -0.1) is 11.3 Å². The highest BCUT2D eigenvalue weighted by Gasteiger charge is 2.05. The molecule has 3 heteroatoms. The van der Waals surface area contributed by atoms with Crippen molar-refractivity contribution in [2.75, 3.05) is 17.2 Å². The molecule has 0 saturated carbocycles. The molecule has 0 aliphatic heterocycles. The second kappa shape index (κ2) is 5.03. The summed E-state index contributed by atoms with van der Waals surface area (Å²) in [6.07, 6.45) is 0. The van der Waals surface area contributed by atoms with E-state index in [1.807, 2.05) is 12.1 Å². The van der Waals surface area contributed by atoms with Crippen molar-refractivity contribution in [3.8, 4) is 0 Å². The first-order valence-electron chi connectivity index (χ1n) is 5.42. The third-order valence-corrected chi connectivity index (χ3v) is 3.43. The number of hydrogen-bond donors (Lipinski definition) is 1. The zero-order valence-corrected chi connectivity index (χ0v) is 10.2. The fraction of sp³-hybridized carbons (Fsp3) is 0.231. The molecule has 0 radical (unpaired) electrons. The third kappa shape index (κ3) is 2.55. The van der Waals surface area contributed by atoms with Crippen LogP contribution in [0.3, 0.4) is 0 Å². The Morgan fingerprint density at radius 1 is 1.19 bits per heavy atom. The van der Waals surface area contributed by atoms with Gasteiger partial charge in [-0.1, -0.05) is 6.07 Å². The van der Waals surface area contributed by atoms with Gasteiger partial charge in [0.2, 0.25) is 0 Å². The second-order valence-electron chi connectivity index (χ2n) is 3.69. The minimum absolute atomic E-state index is 0.816. The predicted molar refractivity (Wildman–Crippen MR) is 71.9 cm³/mol. The van der Waals surface area contributed by atoms with E-state index in [0.29, 0.717) is 0 Å². The number of benzene rings is 1. The van der Waals surface area contributed by atoms with Gasteiger partial charge < -0.3 is 10.6 Å². The minimum Gasteiger partial charge on any atom is -0.399 e. The van der Waals surface area contributed by atoms with Crippen molar-refractivity contribution in [1.29, 1.82) is 0 Å². The molecule has 0 aliphatic carbocycles. The van der Waals surface area contributed by atoms with Crippen LogP contribution in [0.4, 0.5) is 11.4 Å². The van der Waals surface area contributed by atoms with Crippen LogP contribution in [-0.4, -0.2) is 6.54 Å². The standard InChI is InChI=1S/C13H16N2S/c1-2-15(10-13-4-3-9-16-13)12-7-5-11(14)6-8-12/h3-9H,2,10,14H2,1H3. The molecule has 1 heterocycles. The Morgan fingerprint density at radius 2 is 1.94 bits per heavy atom. The quantitative estimate of drug-likeness (QED) is 0.819. The van der Waals surface area contributed by atoms with E-state index in [9.17, 15) is 0 Å². The van der Waals surface area contributed by atoms with E-state index in [4.69, 9.17) is 5.73 Å². The van der Waals surface area contributed by atoms with Gasteiger partial charge in [0.15, 0.2) is 0 Å². The average molecular weight is 232 g/mol.